The molecule has 1 amide bonds. The van der Waals surface area contributed by atoms with Crippen molar-refractivity contribution in [1.29, 1.82) is 0 Å². The average Bonchev–Trinajstić information content (AvgIpc) is 3.11. The number of carbonyl (C=O) groups excluding carboxylic acids is 1. The molecule has 0 unspecified atom stereocenters. The second-order valence-electron chi connectivity index (χ2n) is 5.77. The highest BCUT2D eigenvalue weighted by Gasteiger charge is 2.18. The third kappa shape index (κ3) is 4.09. The predicted octanol–water partition coefficient (Wildman–Crippen LogP) is 2.91. The Labute approximate surface area is 156 Å². The summed E-state index contributed by atoms with van der Waals surface area (Å²) in [6.07, 6.45) is 0.973. The predicted molar refractivity (Wildman–Crippen MR) is 99.3 cm³/mol. The molecular formula is C19H19ClN4O2. The maximum atomic E-state index is 12.5. The van der Waals surface area contributed by atoms with Gasteiger partial charge in [-0.3, -0.25) is 4.79 Å². The molecule has 1 aromatic heterocycles. The van der Waals surface area contributed by atoms with Crippen molar-refractivity contribution in [1.82, 2.24) is 20.3 Å². The number of rotatable bonds is 6. The van der Waals surface area contributed by atoms with Crippen LogP contribution < -0.4 is 5.32 Å². The molecule has 2 aromatic carbocycles. The first kappa shape index (κ1) is 18.1. The van der Waals surface area contributed by atoms with Gasteiger partial charge in [-0.2, -0.15) is 4.80 Å². The zero-order valence-electron chi connectivity index (χ0n) is 14.3. The van der Waals surface area contributed by atoms with Crippen molar-refractivity contribution in [3.05, 3.63) is 76.1 Å². The summed E-state index contributed by atoms with van der Waals surface area (Å²) in [5, 5.41) is 21.3. The van der Waals surface area contributed by atoms with E-state index in [1.807, 2.05) is 24.3 Å². The molecule has 3 aromatic rings. The fourth-order valence-corrected chi connectivity index (χ4v) is 2.59. The molecule has 0 fully saturated rings. The highest BCUT2D eigenvalue weighted by Crippen LogP contribution is 2.14. The normalized spacial score (nSPS) is 10.7. The van der Waals surface area contributed by atoms with Crippen LogP contribution in [0.1, 0.15) is 34.2 Å². The molecule has 0 spiro atoms. The SMILES string of the molecule is CCc1ccc(CNC(=O)c2nn(-c3ccc(Cl)cc3)nc2CO)cc1. The van der Waals surface area contributed by atoms with Crippen LogP contribution in [0.25, 0.3) is 5.69 Å². The fourth-order valence-electron chi connectivity index (χ4n) is 2.47. The van der Waals surface area contributed by atoms with Crippen molar-refractivity contribution in [2.24, 2.45) is 0 Å². The van der Waals surface area contributed by atoms with Crippen LogP contribution in [0.2, 0.25) is 5.02 Å². The lowest BCUT2D eigenvalue weighted by molar-refractivity contribution is 0.0942. The molecule has 0 aliphatic rings. The highest BCUT2D eigenvalue weighted by molar-refractivity contribution is 6.30. The number of amides is 1. The maximum Gasteiger partial charge on any atom is 0.274 e. The fraction of sp³-hybridized carbons (Fsp3) is 0.211. The molecule has 0 atom stereocenters. The molecule has 0 radical (unpaired) electrons. The van der Waals surface area contributed by atoms with E-state index in [4.69, 9.17) is 11.6 Å². The van der Waals surface area contributed by atoms with Crippen LogP contribution in [0, 0.1) is 0 Å². The molecule has 0 saturated heterocycles. The second-order valence-corrected chi connectivity index (χ2v) is 6.21. The van der Waals surface area contributed by atoms with E-state index in [2.05, 4.69) is 22.4 Å². The number of benzene rings is 2. The Kier molecular flexibility index (Phi) is 5.65. The quantitative estimate of drug-likeness (QED) is 0.699. The summed E-state index contributed by atoms with van der Waals surface area (Å²) in [5.41, 5.74) is 3.21. The Hall–Kier alpha value is -2.70. The molecule has 0 bridgehead atoms. The molecule has 6 nitrogen and oxygen atoms in total. The Morgan fingerprint density at radius 2 is 1.73 bits per heavy atom. The summed E-state index contributed by atoms with van der Waals surface area (Å²) in [5.74, 6) is -0.381. The molecular weight excluding hydrogens is 352 g/mol. The Balaban J connectivity index is 1.74. The molecule has 0 aliphatic carbocycles. The van der Waals surface area contributed by atoms with Gasteiger partial charge in [-0.25, -0.2) is 0 Å². The molecule has 26 heavy (non-hydrogen) atoms. The first-order valence-corrected chi connectivity index (χ1v) is 8.67. The van der Waals surface area contributed by atoms with Crippen LogP contribution in [0.15, 0.2) is 48.5 Å². The van der Waals surface area contributed by atoms with Crippen LogP contribution in [-0.4, -0.2) is 26.0 Å². The number of aliphatic hydroxyl groups excluding tert-OH is 1. The zero-order chi connectivity index (χ0) is 18.5. The summed E-state index contributed by atoms with van der Waals surface area (Å²) in [6.45, 7) is 2.10. The summed E-state index contributed by atoms with van der Waals surface area (Å²) in [4.78, 5) is 13.8. The Bertz CT molecular complexity index is 889. The van der Waals surface area contributed by atoms with Gasteiger partial charge in [0.1, 0.15) is 5.69 Å². The molecule has 1 heterocycles. The van der Waals surface area contributed by atoms with Gasteiger partial charge in [-0.15, -0.1) is 10.2 Å². The number of aromatic nitrogens is 3. The van der Waals surface area contributed by atoms with E-state index in [1.54, 1.807) is 24.3 Å². The Morgan fingerprint density at radius 3 is 2.35 bits per heavy atom. The monoisotopic (exact) mass is 370 g/mol. The first-order valence-electron chi connectivity index (χ1n) is 8.29. The number of carbonyl (C=O) groups is 1. The number of nitrogens with one attached hydrogen (secondary N) is 1. The summed E-state index contributed by atoms with van der Waals surface area (Å²) in [7, 11) is 0. The van der Waals surface area contributed by atoms with E-state index in [9.17, 15) is 9.90 Å². The van der Waals surface area contributed by atoms with Crippen LogP contribution in [0.3, 0.4) is 0 Å². The van der Waals surface area contributed by atoms with E-state index >= 15 is 0 Å². The lowest BCUT2D eigenvalue weighted by Crippen LogP contribution is -2.24. The number of nitrogens with zero attached hydrogens (tertiary/aromatic N) is 3. The molecule has 7 heteroatoms. The maximum absolute atomic E-state index is 12.5. The smallest absolute Gasteiger partial charge is 0.274 e. The molecule has 3 rings (SSSR count). The van der Waals surface area contributed by atoms with E-state index < -0.39 is 0 Å². The minimum atomic E-state index is -0.381. The van der Waals surface area contributed by atoms with Crippen molar-refractivity contribution in [2.75, 3.05) is 0 Å². The summed E-state index contributed by atoms with van der Waals surface area (Å²) < 4.78 is 0. The van der Waals surface area contributed by atoms with Crippen molar-refractivity contribution in [2.45, 2.75) is 26.5 Å². The highest BCUT2D eigenvalue weighted by atomic mass is 35.5. The molecule has 0 saturated carbocycles. The lowest BCUT2D eigenvalue weighted by atomic mass is 10.1. The van der Waals surface area contributed by atoms with Crippen molar-refractivity contribution in [3.8, 4) is 5.69 Å². The van der Waals surface area contributed by atoms with Gasteiger partial charge >= 0.3 is 0 Å². The number of hydrogen-bond donors (Lipinski definition) is 2. The number of aryl methyl sites for hydroxylation is 1. The third-order valence-corrected chi connectivity index (χ3v) is 4.24. The standard InChI is InChI=1S/C19H19ClN4O2/c1-2-13-3-5-14(6-4-13)11-21-19(26)18-17(12-25)22-24(23-18)16-9-7-15(20)8-10-16/h3-10,25H,2,11-12H2,1H3,(H,21,26). The number of hydrogen-bond acceptors (Lipinski definition) is 4. The van der Waals surface area contributed by atoms with Gasteiger partial charge < -0.3 is 10.4 Å². The van der Waals surface area contributed by atoms with Gasteiger partial charge in [0.2, 0.25) is 0 Å². The molecule has 134 valence electrons. The van der Waals surface area contributed by atoms with Crippen molar-refractivity contribution < 1.29 is 9.90 Å². The van der Waals surface area contributed by atoms with Gasteiger partial charge in [-0.1, -0.05) is 42.8 Å². The van der Waals surface area contributed by atoms with Gasteiger partial charge in [-0.05, 0) is 41.8 Å². The van der Waals surface area contributed by atoms with Crippen molar-refractivity contribution in [3.63, 3.8) is 0 Å². The Morgan fingerprint density at radius 1 is 1.08 bits per heavy atom. The van der Waals surface area contributed by atoms with Crippen LogP contribution in [0.4, 0.5) is 0 Å². The zero-order valence-corrected chi connectivity index (χ0v) is 15.1. The topological polar surface area (TPSA) is 80.0 Å². The van der Waals surface area contributed by atoms with Gasteiger partial charge in [0.25, 0.3) is 5.91 Å². The lowest BCUT2D eigenvalue weighted by Gasteiger charge is -2.05. The molecule has 2 N–H and O–H groups in total. The van der Waals surface area contributed by atoms with Gasteiger partial charge in [0, 0.05) is 11.6 Å². The average molecular weight is 371 g/mol. The third-order valence-electron chi connectivity index (χ3n) is 3.99. The number of halogens is 1. The minimum absolute atomic E-state index is 0.104. The largest absolute Gasteiger partial charge is 0.390 e. The van der Waals surface area contributed by atoms with Crippen LogP contribution >= 0.6 is 11.6 Å². The van der Waals surface area contributed by atoms with Gasteiger partial charge in [0.15, 0.2) is 5.69 Å². The minimum Gasteiger partial charge on any atom is -0.390 e. The van der Waals surface area contributed by atoms with E-state index in [-0.39, 0.29) is 23.9 Å². The first-order chi connectivity index (χ1) is 12.6. The van der Waals surface area contributed by atoms with Crippen LogP contribution in [-0.2, 0) is 19.6 Å². The van der Waals surface area contributed by atoms with Gasteiger partial charge in [0.05, 0.1) is 12.3 Å². The molecule has 0 aliphatic heterocycles. The summed E-state index contributed by atoms with van der Waals surface area (Å²) >= 11 is 5.88. The van der Waals surface area contributed by atoms with E-state index in [1.165, 1.54) is 10.4 Å². The second kappa shape index (κ2) is 8.12. The number of aliphatic hydroxyl groups is 1. The van der Waals surface area contributed by atoms with Crippen molar-refractivity contribution >= 4 is 17.5 Å². The van der Waals surface area contributed by atoms with E-state index in [0.717, 1.165) is 12.0 Å². The summed E-state index contributed by atoms with van der Waals surface area (Å²) in [6, 6.07) is 14.9. The van der Waals surface area contributed by atoms with E-state index in [0.29, 0.717) is 17.3 Å². The van der Waals surface area contributed by atoms with Crippen LogP contribution in [0.5, 0.6) is 0 Å².